The summed E-state index contributed by atoms with van der Waals surface area (Å²) < 4.78 is 5.52. The van der Waals surface area contributed by atoms with E-state index in [4.69, 9.17) is 4.74 Å². The Hall–Kier alpha value is -2.47. The fourth-order valence-electron chi connectivity index (χ4n) is 5.06. The molecular weight excluding hydrogens is 344 g/mol. The van der Waals surface area contributed by atoms with Gasteiger partial charge in [-0.3, -0.25) is 14.4 Å². The number of allylic oxidation sites excluding steroid dienone is 2. The zero-order chi connectivity index (χ0) is 18.5. The van der Waals surface area contributed by atoms with Gasteiger partial charge in [0.25, 0.3) is 5.91 Å². The van der Waals surface area contributed by atoms with Crippen molar-refractivity contribution in [1.29, 1.82) is 0 Å². The molecule has 4 aliphatic rings. The van der Waals surface area contributed by atoms with Crippen molar-refractivity contribution in [2.45, 2.75) is 25.4 Å². The second-order valence-corrected chi connectivity index (χ2v) is 7.91. The third-order valence-electron chi connectivity index (χ3n) is 6.35. The minimum absolute atomic E-state index is 0.0706. The maximum atomic E-state index is 12.9. The number of anilines is 1. The van der Waals surface area contributed by atoms with Crippen LogP contribution in [0.2, 0.25) is 0 Å². The van der Waals surface area contributed by atoms with Crippen LogP contribution in [0.15, 0.2) is 36.4 Å². The van der Waals surface area contributed by atoms with Crippen LogP contribution < -0.4 is 10.2 Å². The summed E-state index contributed by atoms with van der Waals surface area (Å²) in [6.45, 7) is 1.22. The first-order chi connectivity index (χ1) is 13.1. The van der Waals surface area contributed by atoms with Gasteiger partial charge in [0.1, 0.15) is 0 Å². The number of carbonyl (C=O) groups excluding carboxylic acids is 3. The molecular formula is C21H22N2O4. The Morgan fingerprint density at radius 1 is 1.15 bits per heavy atom. The first-order valence-electron chi connectivity index (χ1n) is 9.69. The standard InChI is InChI=1S/C21H22N2O4/c24-19(22-11-16-5-2-8-27-16)14-3-1-4-15(10-14)23-20(25)17-12-6-7-13(9-12)18(17)21(23)26/h1,3-4,6-7,10,12-13,16-18H,2,5,8-9,11H2,(H,22,24)/t12-,13-,16-,17+,18+/m0/s1. The lowest BCUT2D eigenvalue weighted by Crippen LogP contribution is -2.34. The second kappa shape index (κ2) is 6.30. The van der Waals surface area contributed by atoms with E-state index in [9.17, 15) is 14.4 Å². The van der Waals surface area contributed by atoms with Gasteiger partial charge in [0.05, 0.1) is 23.6 Å². The van der Waals surface area contributed by atoms with E-state index in [0.717, 1.165) is 25.9 Å². The minimum atomic E-state index is -0.232. The van der Waals surface area contributed by atoms with Gasteiger partial charge in [-0.2, -0.15) is 0 Å². The average Bonchev–Trinajstić information content (AvgIpc) is 3.45. The van der Waals surface area contributed by atoms with E-state index in [1.54, 1.807) is 24.3 Å². The van der Waals surface area contributed by atoms with E-state index in [-0.39, 0.29) is 47.5 Å². The Balaban J connectivity index is 1.34. The molecule has 5 atom stereocenters. The summed E-state index contributed by atoms with van der Waals surface area (Å²) in [5, 5.41) is 2.88. The summed E-state index contributed by atoms with van der Waals surface area (Å²) in [6.07, 6.45) is 7.11. The number of benzene rings is 1. The van der Waals surface area contributed by atoms with Crippen LogP contribution in [0.1, 0.15) is 29.6 Å². The summed E-state index contributed by atoms with van der Waals surface area (Å²) >= 11 is 0. The number of nitrogens with one attached hydrogen (secondary N) is 1. The Morgan fingerprint density at radius 3 is 2.56 bits per heavy atom. The van der Waals surface area contributed by atoms with Crippen molar-refractivity contribution < 1.29 is 19.1 Å². The van der Waals surface area contributed by atoms with Crippen molar-refractivity contribution in [3.8, 4) is 0 Å². The molecule has 27 heavy (non-hydrogen) atoms. The van der Waals surface area contributed by atoms with Gasteiger partial charge in [-0.05, 0) is 49.3 Å². The highest BCUT2D eigenvalue weighted by Gasteiger charge is 2.59. The number of ether oxygens (including phenoxy) is 1. The third-order valence-corrected chi connectivity index (χ3v) is 6.35. The number of hydrogen-bond acceptors (Lipinski definition) is 4. The van der Waals surface area contributed by atoms with Gasteiger partial charge in [-0.25, -0.2) is 4.90 Å². The predicted octanol–water partition coefficient (Wildman–Crippen LogP) is 1.91. The predicted molar refractivity (Wildman–Crippen MR) is 98.0 cm³/mol. The van der Waals surface area contributed by atoms with Gasteiger partial charge >= 0.3 is 0 Å². The number of carbonyl (C=O) groups is 3. The van der Waals surface area contributed by atoms with E-state index in [1.807, 2.05) is 0 Å². The van der Waals surface area contributed by atoms with Crippen LogP contribution >= 0.6 is 0 Å². The van der Waals surface area contributed by atoms with Gasteiger partial charge < -0.3 is 10.1 Å². The van der Waals surface area contributed by atoms with E-state index in [2.05, 4.69) is 17.5 Å². The van der Waals surface area contributed by atoms with Crippen molar-refractivity contribution in [2.24, 2.45) is 23.7 Å². The lowest BCUT2D eigenvalue weighted by molar-refractivity contribution is -0.123. The number of nitrogens with zero attached hydrogens (tertiary/aromatic N) is 1. The Labute approximate surface area is 157 Å². The molecule has 5 rings (SSSR count). The molecule has 1 aromatic carbocycles. The molecule has 0 unspecified atom stereocenters. The molecule has 1 N–H and O–H groups in total. The van der Waals surface area contributed by atoms with Crippen LogP contribution in [0.5, 0.6) is 0 Å². The number of rotatable bonds is 4. The van der Waals surface area contributed by atoms with Gasteiger partial charge in [-0.1, -0.05) is 18.2 Å². The van der Waals surface area contributed by atoms with Crippen molar-refractivity contribution in [1.82, 2.24) is 5.32 Å². The van der Waals surface area contributed by atoms with Crippen LogP contribution in [-0.4, -0.2) is 37.0 Å². The maximum Gasteiger partial charge on any atom is 0.251 e. The third kappa shape index (κ3) is 2.62. The van der Waals surface area contributed by atoms with E-state index >= 15 is 0 Å². The number of imide groups is 1. The Bertz CT molecular complexity index is 812. The van der Waals surface area contributed by atoms with Gasteiger partial charge in [0.2, 0.25) is 11.8 Å². The SMILES string of the molecule is O=C(NC[C@@H]1CCCO1)c1cccc(N2C(=O)[C@H]3[C@H](C2=O)[C@H]2C=C[C@H]3C2)c1. The van der Waals surface area contributed by atoms with Crippen LogP contribution in [0, 0.1) is 23.7 Å². The van der Waals surface area contributed by atoms with Crippen molar-refractivity contribution in [2.75, 3.05) is 18.1 Å². The molecule has 2 bridgehead atoms. The molecule has 0 spiro atoms. The maximum absolute atomic E-state index is 12.9. The van der Waals surface area contributed by atoms with Gasteiger partial charge in [-0.15, -0.1) is 0 Å². The largest absolute Gasteiger partial charge is 0.376 e. The fourth-order valence-corrected chi connectivity index (χ4v) is 5.06. The molecule has 1 aromatic rings. The second-order valence-electron chi connectivity index (χ2n) is 7.91. The summed E-state index contributed by atoms with van der Waals surface area (Å²) in [5.74, 6) is -0.571. The van der Waals surface area contributed by atoms with E-state index < -0.39 is 0 Å². The Morgan fingerprint density at radius 2 is 1.89 bits per heavy atom. The number of fused-ring (bicyclic) bond motifs is 5. The van der Waals surface area contributed by atoms with Crippen LogP contribution in [0.3, 0.4) is 0 Å². The number of amides is 3. The molecule has 3 fully saturated rings. The fraction of sp³-hybridized carbons (Fsp3) is 0.476. The van der Waals surface area contributed by atoms with E-state index in [1.165, 1.54) is 4.90 Å². The first kappa shape index (κ1) is 16.7. The zero-order valence-corrected chi connectivity index (χ0v) is 15.0. The highest BCUT2D eigenvalue weighted by molar-refractivity contribution is 6.23. The highest BCUT2D eigenvalue weighted by atomic mass is 16.5. The normalized spacial score (nSPS) is 33.8. The molecule has 2 saturated heterocycles. The highest BCUT2D eigenvalue weighted by Crippen LogP contribution is 2.53. The van der Waals surface area contributed by atoms with Crippen molar-refractivity contribution in [3.05, 3.63) is 42.0 Å². The summed E-state index contributed by atoms with van der Waals surface area (Å²) in [4.78, 5) is 39.6. The molecule has 1 saturated carbocycles. The first-order valence-corrected chi connectivity index (χ1v) is 9.69. The lowest BCUT2D eigenvalue weighted by Gasteiger charge is -2.18. The average molecular weight is 366 g/mol. The van der Waals surface area contributed by atoms with Crippen molar-refractivity contribution in [3.63, 3.8) is 0 Å². The summed E-state index contributed by atoms with van der Waals surface area (Å²) in [5.41, 5.74) is 0.938. The summed E-state index contributed by atoms with van der Waals surface area (Å²) in [6, 6.07) is 6.78. The van der Waals surface area contributed by atoms with Crippen LogP contribution in [-0.2, 0) is 14.3 Å². The van der Waals surface area contributed by atoms with Crippen molar-refractivity contribution >= 4 is 23.4 Å². The van der Waals surface area contributed by atoms with E-state index in [0.29, 0.717) is 17.8 Å². The quantitative estimate of drug-likeness (QED) is 0.652. The molecule has 2 aliphatic carbocycles. The number of hydrogen-bond donors (Lipinski definition) is 1. The summed E-state index contributed by atoms with van der Waals surface area (Å²) in [7, 11) is 0. The molecule has 6 heteroatoms. The minimum Gasteiger partial charge on any atom is -0.376 e. The molecule has 6 nitrogen and oxygen atoms in total. The molecule has 3 amide bonds. The van der Waals surface area contributed by atoms with Crippen LogP contribution in [0.4, 0.5) is 5.69 Å². The lowest BCUT2D eigenvalue weighted by atomic mass is 9.85. The Kier molecular flexibility index (Phi) is 3.90. The zero-order valence-electron chi connectivity index (χ0n) is 15.0. The van der Waals surface area contributed by atoms with Gasteiger partial charge in [0, 0.05) is 18.7 Å². The van der Waals surface area contributed by atoms with Crippen LogP contribution in [0.25, 0.3) is 0 Å². The molecule has 0 aromatic heterocycles. The van der Waals surface area contributed by atoms with Gasteiger partial charge in [0.15, 0.2) is 0 Å². The molecule has 140 valence electrons. The molecule has 0 radical (unpaired) electrons. The smallest absolute Gasteiger partial charge is 0.251 e. The monoisotopic (exact) mass is 366 g/mol. The molecule has 2 heterocycles. The topological polar surface area (TPSA) is 75.7 Å². The molecule has 2 aliphatic heterocycles.